The van der Waals surface area contributed by atoms with Crippen LogP contribution in [0.5, 0.6) is 5.75 Å². The van der Waals surface area contributed by atoms with Crippen molar-refractivity contribution in [2.75, 3.05) is 7.05 Å². The van der Waals surface area contributed by atoms with Crippen molar-refractivity contribution < 1.29 is 15.0 Å². The fraction of sp³-hybridized carbons (Fsp3) is 0.300. The first-order valence-electron chi connectivity index (χ1n) is 4.29. The third kappa shape index (κ3) is 2.03. The molecular weight excluding hydrogens is 182 g/mol. The van der Waals surface area contributed by atoms with Crippen LogP contribution in [0.1, 0.15) is 28.9 Å². The number of carbonyl (C=O) groups is 1. The molecular formula is C10H13NO3. The zero-order valence-corrected chi connectivity index (χ0v) is 8.11. The summed E-state index contributed by atoms with van der Waals surface area (Å²) < 4.78 is 0. The molecule has 4 nitrogen and oxygen atoms in total. The van der Waals surface area contributed by atoms with Gasteiger partial charge in [0, 0.05) is 11.6 Å². The number of phenolic OH excluding ortho intramolecular Hbond substituents is 1. The molecule has 0 aromatic heterocycles. The lowest BCUT2D eigenvalue weighted by Gasteiger charge is -2.12. The number of carboxylic acid groups (broad SMARTS) is 1. The molecule has 76 valence electrons. The Labute approximate surface area is 82.2 Å². The van der Waals surface area contributed by atoms with Crippen LogP contribution in [0.25, 0.3) is 0 Å². The molecule has 0 heterocycles. The molecule has 1 rings (SSSR count). The van der Waals surface area contributed by atoms with E-state index in [0.29, 0.717) is 5.56 Å². The van der Waals surface area contributed by atoms with Gasteiger partial charge >= 0.3 is 5.97 Å². The first kappa shape index (κ1) is 10.5. The molecule has 0 amide bonds. The Bertz CT molecular complexity index is 349. The first-order chi connectivity index (χ1) is 6.56. The number of rotatable bonds is 3. The number of hydrogen-bond acceptors (Lipinski definition) is 3. The van der Waals surface area contributed by atoms with E-state index in [1.54, 1.807) is 13.1 Å². The number of aromatic hydroxyl groups is 1. The molecule has 0 aliphatic carbocycles. The minimum atomic E-state index is -1.04. The summed E-state index contributed by atoms with van der Waals surface area (Å²) in [5.74, 6) is -1.03. The monoisotopic (exact) mass is 195 g/mol. The molecule has 4 heteroatoms. The van der Waals surface area contributed by atoms with Crippen LogP contribution >= 0.6 is 0 Å². The van der Waals surface area contributed by atoms with E-state index in [2.05, 4.69) is 5.32 Å². The van der Waals surface area contributed by atoms with Crippen LogP contribution < -0.4 is 5.32 Å². The maximum atomic E-state index is 10.6. The van der Waals surface area contributed by atoms with Crippen molar-refractivity contribution in [2.45, 2.75) is 13.0 Å². The summed E-state index contributed by atoms with van der Waals surface area (Å²) in [7, 11) is 1.77. The lowest BCUT2D eigenvalue weighted by molar-refractivity contribution is 0.0696. The van der Waals surface area contributed by atoms with Crippen LogP contribution in [0.4, 0.5) is 0 Å². The van der Waals surface area contributed by atoms with Crippen LogP contribution in [-0.2, 0) is 0 Å². The molecule has 14 heavy (non-hydrogen) atoms. The average molecular weight is 195 g/mol. The van der Waals surface area contributed by atoms with Crippen LogP contribution in [0.3, 0.4) is 0 Å². The Morgan fingerprint density at radius 2 is 2.14 bits per heavy atom. The van der Waals surface area contributed by atoms with Gasteiger partial charge in [-0.2, -0.15) is 0 Å². The van der Waals surface area contributed by atoms with Crippen molar-refractivity contribution in [1.29, 1.82) is 0 Å². The fourth-order valence-corrected chi connectivity index (χ4v) is 1.20. The zero-order chi connectivity index (χ0) is 10.7. The van der Waals surface area contributed by atoms with Crippen molar-refractivity contribution in [3.8, 4) is 5.75 Å². The predicted molar refractivity (Wildman–Crippen MR) is 52.5 cm³/mol. The van der Waals surface area contributed by atoms with Crippen molar-refractivity contribution in [3.63, 3.8) is 0 Å². The normalized spacial score (nSPS) is 12.4. The van der Waals surface area contributed by atoms with Gasteiger partial charge < -0.3 is 15.5 Å². The summed E-state index contributed by atoms with van der Waals surface area (Å²) in [6.45, 7) is 1.88. The molecule has 1 atom stereocenters. The molecule has 0 fully saturated rings. The van der Waals surface area contributed by atoms with E-state index in [-0.39, 0.29) is 17.4 Å². The summed E-state index contributed by atoms with van der Waals surface area (Å²) in [4.78, 5) is 10.6. The van der Waals surface area contributed by atoms with Crippen LogP contribution in [0, 0.1) is 0 Å². The second-order valence-electron chi connectivity index (χ2n) is 3.09. The van der Waals surface area contributed by atoms with Crippen molar-refractivity contribution >= 4 is 5.97 Å². The summed E-state index contributed by atoms with van der Waals surface area (Å²) in [5, 5.41) is 21.2. The van der Waals surface area contributed by atoms with Gasteiger partial charge in [-0.1, -0.05) is 6.07 Å². The number of phenols is 1. The largest absolute Gasteiger partial charge is 0.508 e. The van der Waals surface area contributed by atoms with Gasteiger partial charge in [0.1, 0.15) is 5.75 Å². The lowest BCUT2D eigenvalue weighted by Crippen LogP contribution is -2.12. The predicted octanol–water partition coefficient (Wildman–Crippen LogP) is 1.37. The molecule has 0 saturated heterocycles. The minimum Gasteiger partial charge on any atom is -0.508 e. The van der Waals surface area contributed by atoms with E-state index in [0.717, 1.165) is 0 Å². The molecule has 0 aliphatic heterocycles. The third-order valence-electron chi connectivity index (χ3n) is 2.18. The molecule has 1 aromatic rings. The first-order valence-corrected chi connectivity index (χ1v) is 4.29. The second kappa shape index (κ2) is 4.11. The Balaban J connectivity index is 3.07. The molecule has 0 aliphatic rings. The van der Waals surface area contributed by atoms with E-state index in [9.17, 15) is 9.90 Å². The van der Waals surface area contributed by atoms with Gasteiger partial charge in [-0.05, 0) is 26.1 Å². The number of hydrogen-bond donors (Lipinski definition) is 3. The Morgan fingerprint density at radius 1 is 1.50 bits per heavy atom. The second-order valence-corrected chi connectivity index (χ2v) is 3.09. The van der Waals surface area contributed by atoms with Crippen molar-refractivity contribution in [3.05, 3.63) is 29.3 Å². The standard InChI is InChI=1S/C10H13NO3/c1-6(11-2)8-4-3-7(10(13)14)5-9(8)12/h3-6,11-12H,1-2H3,(H,13,14). The fourth-order valence-electron chi connectivity index (χ4n) is 1.20. The Morgan fingerprint density at radius 3 is 2.57 bits per heavy atom. The number of benzene rings is 1. The highest BCUT2D eigenvalue weighted by Crippen LogP contribution is 2.24. The van der Waals surface area contributed by atoms with E-state index in [4.69, 9.17) is 5.11 Å². The average Bonchev–Trinajstić information content (AvgIpc) is 2.16. The van der Waals surface area contributed by atoms with Gasteiger partial charge in [-0.15, -0.1) is 0 Å². The van der Waals surface area contributed by atoms with Gasteiger partial charge in [0.15, 0.2) is 0 Å². The van der Waals surface area contributed by atoms with E-state index < -0.39 is 5.97 Å². The summed E-state index contributed by atoms with van der Waals surface area (Å²) in [5.41, 5.74) is 0.784. The molecule has 1 aromatic carbocycles. The molecule has 0 radical (unpaired) electrons. The lowest BCUT2D eigenvalue weighted by atomic mass is 10.0. The Kier molecular flexibility index (Phi) is 3.09. The third-order valence-corrected chi connectivity index (χ3v) is 2.18. The maximum absolute atomic E-state index is 10.6. The van der Waals surface area contributed by atoms with Crippen LogP contribution in [0.2, 0.25) is 0 Å². The number of aromatic carboxylic acids is 1. The van der Waals surface area contributed by atoms with Gasteiger partial charge in [-0.3, -0.25) is 0 Å². The molecule has 0 spiro atoms. The summed E-state index contributed by atoms with van der Waals surface area (Å²) in [6, 6.07) is 4.34. The Hall–Kier alpha value is -1.55. The number of carboxylic acids is 1. The molecule has 1 unspecified atom stereocenters. The zero-order valence-electron chi connectivity index (χ0n) is 8.11. The van der Waals surface area contributed by atoms with E-state index >= 15 is 0 Å². The van der Waals surface area contributed by atoms with Crippen LogP contribution in [0.15, 0.2) is 18.2 Å². The van der Waals surface area contributed by atoms with Crippen LogP contribution in [-0.4, -0.2) is 23.2 Å². The quantitative estimate of drug-likeness (QED) is 0.681. The summed E-state index contributed by atoms with van der Waals surface area (Å²) in [6.07, 6.45) is 0. The highest BCUT2D eigenvalue weighted by atomic mass is 16.4. The van der Waals surface area contributed by atoms with E-state index in [1.165, 1.54) is 12.1 Å². The van der Waals surface area contributed by atoms with Gasteiger partial charge in [0.2, 0.25) is 0 Å². The highest BCUT2D eigenvalue weighted by Gasteiger charge is 2.11. The van der Waals surface area contributed by atoms with Crippen molar-refractivity contribution in [1.82, 2.24) is 5.32 Å². The smallest absolute Gasteiger partial charge is 0.335 e. The molecule has 0 saturated carbocycles. The topological polar surface area (TPSA) is 69.6 Å². The molecule has 3 N–H and O–H groups in total. The highest BCUT2D eigenvalue weighted by molar-refractivity contribution is 5.88. The van der Waals surface area contributed by atoms with Gasteiger partial charge in [0.25, 0.3) is 0 Å². The van der Waals surface area contributed by atoms with Gasteiger partial charge in [0.05, 0.1) is 5.56 Å². The summed E-state index contributed by atoms with van der Waals surface area (Å²) >= 11 is 0. The SMILES string of the molecule is CNC(C)c1ccc(C(=O)O)cc1O. The minimum absolute atomic E-state index is 0.00200. The molecule has 0 bridgehead atoms. The van der Waals surface area contributed by atoms with Gasteiger partial charge in [-0.25, -0.2) is 4.79 Å². The maximum Gasteiger partial charge on any atom is 0.335 e. The van der Waals surface area contributed by atoms with Crippen molar-refractivity contribution in [2.24, 2.45) is 0 Å². The number of nitrogens with one attached hydrogen (secondary N) is 1. The van der Waals surface area contributed by atoms with E-state index in [1.807, 2.05) is 6.92 Å².